The number of furan rings is 2. The van der Waals surface area contributed by atoms with Crippen LogP contribution in [0.5, 0.6) is 0 Å². The lowest BCUT2D eigenvalue weighted by atomic mass is 9.96. The van der Waals surface area contributed by atoms with Gasteiger partial charge in [0, 0.05) is 27.3 Å². The summed E-state index contributed by atoms with van der Waals surface area (Å²) < 4.78 is 11.0. The molecular formula is C23H21ClN2O2. The topological polar surface area (TPSA) is 55.0 Å². The molecule has 0 fully saturated rings. The second-order valence-electron chi connectivity index (χ2n) is 7.91. The second kappa shape index (κ2) is 6.57. The summed E-state index contributed by atoms with van der Waals surface area (Å²) in [6.07, 6.45) is 3.43. The van der Waals surface area contributed by atoms with E-state index in [9.17, 15) is 0 Å². The van der Waals surface area contributed by atoms with Gasteiger partial charge in [-0.15, -0.1) is 12.4 Å². The van der Waals surface area contributed by atoms with Gasteiger partial charge in [-0.25, -0.2) is 4.98 Å². The number of rotatable bonds is 2. The summed E-state index contributed by atoms with van der Waals surface area (Å²) in [6.45, 7) is 6.49. The van der Waals surface area contributed by atoms with Gasteiger partial charge in [0.15, 0.2) is 0 Å². The Balaban J connectivity index is 0.00000192. The molecule has 0 aliphatic carbocycles. The number of nitrogens with zero attached hydrogens (tertiary/aromatic N) is 1. The Morgan fingerprint density at radius 3 is 1.96 bits per heavy atom. The summed E-state index contributed by atoms with van der Waals surface area (Å²) >= 11 is 0. The van der Waals surface area contributed by atoms with Crippen molar-refractivity contribution < 1.29 is 8.83 Å². The van der Waals surface area contributed by atoms with Gasteiger partial charge in [-0.3, -0.25) is 0 Å². The number of H-pyrrole nitrogens is 1. The van der Waals surface area contributed by atoms with Crippen molar-refractivity contribution in [3.8, 4) is 22.5 Å². The Kier molecular flexibility index (Phi) is 4.31. The quantitative estimate of drug-likeness (QED) is 0.353. The minimum atomic E-state index is -0.0769. The van der Waals surface area contributed by atoms with Crippen molar-refractivity contribution in [3.63, 3.8) is 0 Å². The highest BCUT2D eigenvalue weighted by molar-refractivity contribution is 5.89. The largest absolute Gasteiger partial charge is 0.464 e. The molecule has 28 heavy (non-hydrogen) atoms. The van der Waals surface area contributed by atoms with Crippen LogP contribution in [0, 0.1) is 0 Å². The molecule has 0 amide bonds. The molecular weight excluding hydrogens is 372 g/mol. The molecule has 0 saturated carbocycles. The molecule has 0 unspecified atom stereocenters. The maximum atomic E-state index is 5.49. The van der Waals surface area contributed by atoms with Crippen molar-refractivity contribution in [2.75, 3.05) is 0 Å². The fourth-order valence-electron chi connectivity index (χ4n) is 3.38. The van der Waals surface area contributed by atoms with Crippen LogP contribution in [0.4, 0.5) is 0 Å². The number of hydrogen-bond donors (Lipinski definition) is 1. The average molecular weight is 393 g/mol. The molecule has 5 rings (SSSR count). The first-order chi connectivity index (χ1) is 13.0. The average Bonchev–Trinajstić information content (AvgIpc) is 3.37. The van der Waals surface area contributed by atoms with Crippen LogP contribution in [0.3, 0.4) is 0 Å². The Morgan fingerprint density at radius 2 is 1.36 bits per heavy atom. The lowest BCUT2D eigenvalue weighted by Crippen LogP contribution is -2.13. The summed E-state index contributed by atoms with van der Waals surface area (Å²) in [4.78, 5) is 8.55. The smallest absolute Gasteiger partial charge is 0.133 e. The van der Waals surface area contributed by atoms with Crippen LogP contribution < -0.4 is 0 Å². The van der Waals surface area contributed by atoms with Crippen LogP contribution in [0.1, 0.15) is 26.6 Å². The Hall–Kier alpha value is -2.98. The number of benzene rings is 2. The summed E-state index contributed by atoms with van der Waals surface area (Å²) in [5.41, 5.74) is 5.82. The van der Waals surface area contributed by atoms with Gasteiger partial charge >= 0.3 is 0 Å². The Labute approximate surface area is 169 Å². The molecule has 0 saturated heterocycles. The SMILES string of the molecule is CC(C)(C)c1nc(-c2ccc3occc3c2)c(-c2ccc3occc3c2)[nH]1.Cl. The number of halogens is 1. The first-order valence-electron chi connectivity index (χ1n) is 9.05. The van der Waals surface area contributed by atoms with Gasteiger partial charge in [0.1, 0.15) is 17.0 Å². The highest BCUT2D eigenvalue weighted by atomic mass is 35.5. The molecule has 3 heterocycles. The lowest BCUT2D eigenvalue weighted by Gasteiger charge is -2.14. The maximum Gasteiger partial charge on any atom is 0.133 e. The van der Waals surface area contributed by atoms with E-state index in [1.165, 1.54) is 0 Å². The van der Waals surface area contributed by atoms with Gasteiger partial charge in [-0.2, -0.15) is 0 Å². The zero-order chi connectivity index (χ0) is 18.6. The highest BCUT2D eigenvalue weighted by Crippen LogP contribution is 2.36. The monoisotopic (exact) mass is 392 g/mol. The van der Waals surface area contributed by atoms with E-state index in [-0.39, 0.29) is 17.8 Å². The van der Waals surface area contributed by atoms with E-state index in [0.29, 0.717) is 0 Å². The Morgan fingerprint density at radius 1 is 0.786 bits per heavy atom. The number of imidazole rings is 1. The van der Waals surface area contributed by atoms with Gasteiger partial charge in [0.05, 0.1) is 23.9 Å². The third-order valence-electron chi connectivity index (χ3n) is 4.88. The zero-order valence-corrected chi connectivity index (χ0v) is 16.8. The molecule has 0 bridgehead atoms. The number of hydrogen-bond acceptors (Lipinski definition) is 3. The molecule has 0 atom stereocenters. The molecule has 0 spiro atoms. The number of aromatic nitrogens is 2. The van der Waals surface area contributed by atoms with Crippen molar-refractivity contribution in [2.45, 2.75) is 26.2 Å². The van der Waals surface area contributed by atoms with E-state index in [0.717, 1.165) is 50.3 Å². The maximum absolute atomic E-state index is 5.49. The van der Waals surface area contributed by atoms with Crippen LogP contribution in [0.15, 0.2) is 69.9 Å². The molecule has 0 radical (unpaired) electrons. The molecule has 3 aromatic heterocycles. The third kappa shape index (κ3) is 3.00. The van der Waals surface area contributed by atoms with Gasteiger partial charge in [0.2, 0.25) is 0 Å². The van der Waals surface area contributed by atoms with Crippen molar-refractivity contribution in [2.24, 2.45) is 0 Å². The van der Waals surface area contributed by atoms with Crippen LogP contribution >= 0.6 is 12.4 Å². The molecule has 5 aromatic rings. The van der Waals surface area contributed by atoms with Crippen molar-refractivity contribution in [1.29, 1.82) is 0 Å². The minimum absolute atomic E-state index is 0. The van der Waals surface area contributed by atoms with Crippen molar-refractivity contribution in [1.82, 2.24) is 9.97 Å². The fraction of sp³-hybridized carbons (Fsp3) is 0.174. The van der Waals surface area contributed by atoms with Crippen LogP contribution in [0.25, 0.3) is 44.5 Å². The van der Waals surface area contributed by atoms with Crippen molar-refractivity contribution >= 4 is 34.3 Å². The van der Waals surface area contributed by atoms with Crippen molar-refractivity contribution in [3.05, 3.63) is 66.9 Å². The van der Waals surface area contributed by atoms with Gasteiger partial charge in [-0.1, -0.05) is 20.8 Å². The third-order valence-corrected chi connectivity index (χ3v) is 4.88. The first kappa shape index (κ1) is 18.4. The molecule has 0 aliphatic heterocycles. The fourth-order valence-corrected chi connectivity index (χ4v) is 3.38. The molecule has 0 aliphatic rings. The molecule has 1 N–H and O–H groups in total. The van der Waals surface area contributed by atoms with E-state index in [2.05, 4.69) is 50.0 Å². The van der Waals surface area contributed by atoms with Crippen LogP contribution in [-0.2, 0) is 5.41 Å². The zero-order valence-electron chi connectivity index (χ0n) is 15.9. The number of nitrogens with one attached hydrogen (secondary N) is 1. The molecule has 142 valence electrons. The number of fused-ring (bicyclic) bond motifs is 2. The van der Waals surface area contributed by atoms with E-state index in [4.69, 9.17) is 13.8 Å². The molecule has 2 aromatic carbocycles. The number of aromatic amines is 1. The van der Waals surface area contributed by atoms with Gasteiger partial charge in [0.25, 0.3) is 0 Å². The predicted octanol–water partition coefficient (Wildman–Crippen LogP) is 6.96. The highest BCUT2D eigenvalue weighted by Gasteiger charge is 2.23. The predicted molar refractivity (Wildman–Crippen MR) is 115 cm³/mol. The summed E-state index contributed by atoms with van der Waals surface area (Å²) in [6, 6.07) is 16.4. The summed E-state index contributed by atoms with van der Waals surface area (Å²) in [7, 11) is 0. The Bertz CT molecular complexity index is 1180. The van der Waals surface area contributed by atoms with Crippen LogP contribution in [-0.4, -0.2) is 9.97 Å². The second-order valence-corrected chi connectivity index (χ2v) is 7.91. The molecule has 4 nitrogen and oxygen atoms in total. The van der Waals surface area contributed by atoms with E-state index in [1.54, 1.807) is 12.5 Å². The normalized spacial score (nSPS) is 11.8. The van der Waals surface area contributed by atoms with Gasteiger partial charge < -0.3 is 13.8 Å². The van der Waals surface area contributed by atoms with Crippen LogP contribution in [0.2, 0.25) is 0 Å². The minimum Gasteiger partial charge on any atom is -0.464 e. The standard InChI is InChI=1S/C23H20N2O2.ClH/c1-23(2,3)22-24-20(16-4-6-18-14(12-16)8-10-26-18)21(25-22)17-5-7-19-15(13-17)9-11-27-19;/h4-13H,1-3H3,(H,24,25);1H. The molecule has 5 heteroatoms. The van der Waals surface area contributed by atoms with E-state index in [1.807, 2.05) is 24.3 Å². The lowest BCUT2D eigenvalue weighted by molar-refractivity contribution is 0.553. The van der Waals surface area contributed by atoms with E-state index >= 15 is 0 Å². The summed E-state index contributed by atoms with van der Waals surface area (Å²) in [5, 5.41) is 2.15. The summed E-state index contributed by atoms with van der Waals surface area (Å²) in [5.74, 6) is 0.965. The van der Waals surface area contributed by atoms with E-state index < -0.39 is 0 Å². The first-order valence-corrected chi connectivity index (χ1v) is 9.05. The van der Waals surface area contributed by atoms with Gasteiger partial charge in [-0.05, 0) is 48.5 Å².